The summed E-state index contributed by atoms with van der Waals surface area (Å²) >= 11 is 6.06. The van der Waals surface area contributed by atoms with Crippen LogP contribution in [0.2, 0.25) is 5.02 Å². The number of fused-ring (bicyclic) bond motifs is 1. The maximum absolute atomic E-state index is 9.72. The Morgan fingerprint density at radius 2 is 1.76 bits per heavy atom. The van der Waals surface area contributed by atoms with Crippen LogP contribution in [0.4, 0.5) is 0 Å². The molecule has 0 amide bonds. The molecule has 0 saturated carbocycles. The maximum atomic E-state index is 9.72. The zero-order valence-electron chi connectivity index (χ0n) is 15.3. The third-order valence-electron chi connectivity index (χ3n) is 4.62. The molecular formula is C20H24ClN3O. The summed E-state index contributed by atoms with van der Waals surface area (Å²) in [5.41, 5.74) is 4.58. The minimum atomic E-state index is -0.295. The third-order valence-corrected chi connectivity index (χ3v) is 4.85. The summed E-state index contributed by atoms with van der Waals surface area (Å²) in [6.07, 6.45) is 0. The van der Waals surface area contributed by atoms with E-state index in [1.807, 2.05) is 36.7 Å². The summed E-state index contributed by atoms with van der Waals surface area (Å²) in [4.78, 5) is 0. The van der Waals surface area contributed by atoms with Gasteiger partial charge in [-0.1, -0.05) is 63.6 Å². The van der Waals surface area contributed by atoms with Crippen molar-refractivity contribution in [2.75, 3.05) is 6.61 Å². The maximum Gasteiger partial charge on any atom is 0.115 e. The molecule has 3 aromatic rings. The Bertz CT molecular complexity index is 922. The molecule has 3 rings (SSSR count). The molecule has 25 heavy (non-hydrogen) atoms. The van der Waals surface area contributed by atoms with Crippen LogP contribution in [0, 0.1) is 0 Å². The first-order chi connectivity index (χ1) is 11.6. The highest BCUT2D eigenvalue weighted by atomic mass is 35.5. The summed E-state index contributed by atoms with van der Waals surface area (Å²) in [6.45, 7) is 10.7. The number of nitrogens with zero attached hydrogens (tertiary/aromatic N) is 3. The van der Waals surface area contributed by atoms with E-state index in [1.165, 1.54) is 0 Å². The molecule has 0 aliphatic rings. The number of benzene rings is 2. The van der Waals surface area contributed by atoms with Crippen molar-refractivity contribution in [1.82, 2.24) is 15.0 Å². The van der Waals surface area contributed by atoms with Gasteiger partial charge in [0.05, 0.1) is 17.8 Å². The van der Waals surface area contributed by atoms with E-state index in [0.29, 0.717) is 5.02 Å². The van der Waals surface area contributed by atoms with E-state index in [4.69, 9.17) is 11.6 Å². The van der Waals surface area contributed by atoms with E-state index in [0.717, 1.165) is 27.8 Å². The smallest absolute Gasteiger partial charge is 0.115 e. The van der Waals surface area contributed by atoms with Gasteiger partial charge >= 0.3 is 0 Å². The van der Waals surface area contributed by atoms with Crippen LogP contribution in [0.15, 0.2) is 36.4 Å². The Kier molecular flexibility index (Phi) is 4.38. The van der Waals surface area contributed by atoms with Crippen LogP contribution in [0.3, 0.4) is 0 Å². The second-order valence-corrected chi connectivity index (χ2v) is 8.59. The predicted molar refractivity (Wildman–Crippen MR) is 103 cm³/mol. The first kappa shape index (κ1) is 17.9. The van der Waals surface area contributed by atoms with Crippen molar-refractivity contribution in [3.05, 3.63) is 52.5 Å². The zero-order chi connectivity index (χ0) is 18.4. The summed E-state index contributed by atoms with van der Waals surface area (Å²) in [6, 6.07) is 11.9. The first-order valence-electron chi connectivity index (χ1n) is 8.41. The lowest BCUT2D eigenvalue weighted by molar-refractivity contribution is 0.218. The molecule has 0 bridgehead atoms. The van der Waals surface area contributed by atoms with E-state index < -0.39 is 0 Å². The summed E-state index contributed by atoms with van der Waals surface area (Å²) < 4.78 is 1.86. The molecule has 0 spiro atoms. The van der Waals surface area contributed by atoms with Crippen molar-refractivity contribution in [3.8, 4) is 5.69 Å². The Morgan fingerprint density at radius 3 is 2.40 bits per heavy atom. The standard InChI is InChI=1S/C20H24ClN3O/c1-19(2,3)15-10-13(20(4,5)12-25)6-8-17(15)24-18-9-7-14(21)11-16(18)22-23-24/h6-11,25H,12H2,1-5H3. The Hall–Kier alpha value is -1.91. The van der Waals surface area contributed by atoms with Crippen LogP contribution in [0.1, 0.15) is 45.7 Å². The number of hydrogen-bond donors (Lipinski definition) is 1. The van der Waals surface area contributed by atoms with Crippen molar-refractivity contribution in [2.24, 2.45) is 0 Å². The lowest BCUT2D eigenvalue weighted by Gasteiger charge is -2.28. The van der Waals surface area contributed by atoms with Gasteiger partial charge in [-0.05, 0) is 40.8 Å². The number of aliphatic hydroxyl groups excluding tert-OH is 1. The summed E-state index contributed by atoms with van der Waals surface area (Å²) in [5, 5.41) is 19.0. The van der Waals surface area contributed by atoms with E-state index in [1.54, 1.807) is 0 Å². The normalized spacial score (nSPS) is 12.8. The van der Waals surface area contributed by atoms with Gasteiger partial charge in [0.15, 0.2) is 0 Å². The van der Waals surface area contributed by atoms with Gasteiger partial charge in [-0.25, -0.2) is 4.68 Å². The van der Waals surface area contributed by atoms with Crippen molar-refractivity contribution < 1.29 is 5.11 Å². The molecule has 1 aromatic heterocycles. The lowest BCUT2D eigenvalue weighted by Crippen LogP contribution is -2.24. The van der Waals surface area contributed by atoms with Crippen molar-refractivity contribution in [2.45, 2.75) is 45.4 Å². The second kappa shape index (κ2) is 6.11. The third kappa shape index (κ3) is 3.29. The SMILES string of the molecule is CC(C)(C)c1cc(C(C)(C)CO)ccc1-n1nnc2cc(Cl)ccc21. The number of aromatic nitrogens is 3. The van der Waals surface area contributed by atoms with Gasteiger partial charge in [-0.3, -0.25) is 0 Å². The van der Waals surface area contributed by atoms with Gasteiger partial charge in [0.25, 0.3) is 0 Å². The number of hydrogen-bond acceptors (Lipinski definition) is 3. The quantitative estimate of drug-likeness (QED) is 0.742. The Morgan fingerprint density at radius 1 is 1.04 bits per heavy atom. The fourth-order valence-corrected chi connectivity index (χ4v) is 3.07. The van der Waals surface area contributed by atoms with Crippen LogP contribution < -0.4 is 0 Å². The van der Waals surface area contributed by atoms with Gasteiger partial charge in [-0.2, -0.15) is 0 Å². The Labute approximate surface area is 153 Å². The highest BCUT2D eigenvalue weighted by Gasteiger charge is 2.26. The van der Waals surface area contributed by atoms with Gasteiger partial charge in [0, 0.05) is 10.4 Å². The van der Waals surface area contributed by atoms with E-state index in [2.05, 4.69) is 49.3 Å². The fourth-order valence-electron chi connectivity index (χ4n) is 2.91. The molecule has 0 radical (unpaired) electrons. The molecule has 4 nitrogen and oxygen atoms in total. The van der Waals surface area contributed by atoms with E-state index in [9.17, 15) is 5.11 Å². The van der Waals surface area contributed by atoms with Crippen LogP contribution in [0.25, 0.3) is 16.7 Å². The zero-order valence-corrected chi connectivity index (χ0v) is 16.1. The lowest BCUT2D eigenvalue weighted by atomic mass is 9.79. The molecular weight excluding hydrogens is 334 g/mol. The topological polar surface area (TPSA) is 50.9 Å². The monoisotopic (exact) mass is 357 g/mol. The number of aliphatic hydroxyl groups is 1. The fraction of sp³-hybridized carbons (Fsp3) is 0.400. The molecule has 0 aliphatic carbocycles. The van der Waals surface area contributed by atoms with Crippen molar-refractivity contribution in [3.63, 3.8) is 0 Å². The predicted octanol–water partition coefficient (Wildman–Crippen LogP) is 4.64. The molecule has 1 N–H and O–H groups in total. The average molecular weight is 358 g/mol. The molecule has 0 fully saturated rings. The van der Waals surface area contributed by atoms with Crippen LogP contribution in [-0.2, 0) is 10.8 Å². The van der Waals surface area contributed by atoms with Crippen LogP contribution in [0.5, 0.6) is 0 Å². The average Bonchev–Trinajstić information content (AvgIpc) is 2.96. The molecule has 5 heteroatoms. The van der Waals surface area contributed by atoms with Crippen molar-refractivity contribution >= 4 is 22.6 Å². The first-order valence-corrected chi connectivity index (χ1v) is 8.78. The van der Waals surface area contributed by atoms with Gasteiger partial charge in [0.1, 0.15) is 5.52 Å². The van der Waals surface area contributed by atoms with Crippen LogP contribution >= 0.6 is 11.6 Å². The molecule has 2 aromatic carbocycles. The van der Waals surface area contributed by atoms with Crippen LogP contribution in [-0.4, -0.2) is 26.7 Å². The molecule has 132 valence electrons. The van der Waals surface area contributed by atoms with Crippen molar-refractivity contribution in [1.29, 1.82) is 0 Å². The Balaban J connectivity index is 2.24. The van der Waals surface area contributed by atoms with E-state index in [-0.39, 0.29) is 17.4 Å². The van der Waals surface area contributed by atoms with Gasteiger partial charge < -0.3 is 5.11 Å². The summed E-state index contributed by atoms with van der Waals surface area (Å²) in [5.74, 6) is 0. The molecule has 0 aliphatic heterocycles. The van der Waals surface area contributed by atoms with E-state index >= 15 is 0 Å². The molecule has 0 unspecified atom stereocenters. The number of rotatable bonds is 3. The van der Waals surface area contributed by atoms with Gasteiger partial charge in [0.2, 0.25) is 0 Å². The summed E-state index contributed by atoms with van der Waals surface area (Å²) in [7, 11) is 0. The second-order valence-electron chi connectivity index (χ2n) is 8.16. The molecule has 1 heterocycles. The largest absolute Gasteiger partial charge is 0.395 e. The minimum absolute atomic E-state index is 0.0818. The molecule has 0 atom stereocenters. The number of halogens is 1. The highest BCUT2D eigenvalue weighted by Crippen LogP contribution is 2.34. The van der Waals surface area contributed by atoms with Gasteiger partial charge in [-0.15, -0.1) is 5.10 Å². The highest BCUT2D eigenvalue weighted by molar-refractivity contribution is 6.31. The minimum Gasteiger partial charge on any atom is -0.395 e. The molecule has 0 saturated heterocycles.